The van der Waals surface area contributed by atoms with Crippen LogP contribution in [0.3, 0.4) is 0 Å². The molecule has 1 saturated heterocycles. The maximum Gasteiger partial charge on any atom is 0.220 e. The Morgan fingerprint density at radius 1 is 1.04 bits per heavy atom. The maximum absolute atomic E-state index is 12.0. The summed E-state index contributed by atoms with van der Waals surface area (Å²) >= 11 is 0. The summed E-state index contributed by atoms with van der Waals surface area (Å²) in [7, 11) is 0. The van der Waals surface area contributed by atoms with E-state index in [4.69, 9.17) is 0 Å². The number of carbonyl (C=O) groups excluding carboxylic acids is 2. The van der Waals surface area contributed by atoms with Crippen molar-refractivity contribution in [3.63, 3.8) is 0 Å². The molecular formula is C20H39N3O2. The summed E-state index contributed by atoms with van der Waals surface area (Å²) < 4.78 is 0. The van der Waals surface area contributed by atoms with E-state index >= 15 is 0 Å². The molecule has 0 aromatic rings. The fourth-order valence-electron chi connectivity index (χ4n) is 3.20. The topological polar surface area (TPSA) is 61.4 Å². The quantitative estimate of drug-likeness (QED) is 0.500. The zero-order valence-electron chi connectivity index (χ0n) is 16.8. The Kier molecular flexibility index (Phi) is 11.0. The van der Waals surface area contributed by atoms with Gasteiger partial charge >= 0.3 is 0 Å². The lowest BCUT2D eigenvalue weighted by Crippen LogP contribution is -2.37. The van der Waals surface area contributed by atoms with E-state index in [0.29, 0.717) is 30.7 Å². The van der Waals surface area contributed by atoms with Crippen LogP contribution in [0.5, 0.6) is 0 Å². The molecule has 1 amide bonds. The number of carbonyl (C=O) groups is 2. The van der Waals surface area contributed by atoms with Gasteiger partial charge in [0.15, 0.2) is 0 Å². The van der Waals surface area contributed by atoms with Crippen molar-refractivity contribution in [3.8, 4) is 0 Å². The largest absolute Gasteiger partial charge is 0.352 e. The Hall–Kier alpha value is -0.940. The first kappa shape index (κ1) is 22.1. The van der Waals surface area contributed by atoms with Gasteiger partial charge in [0.2, 0.25) is 5.91 Å². The minimum Gasteiger partial charge on any atom is -0.352 e. The number of nitrogens with one attached hydrogen (secondary N) is 2. The Bertz CT molecular complexity index is 396. The zero-order chi connectivity index (χ0) is 18.7. The molecule has 0 saturated carbocycles. The molecule has 25 heavy (non-hydrogen) atoms. The van der Waals surface area contributed by atoms with E-state index in [1.807, 2.05) is 13.8 Å². The van der Waals surface area contributed by atoms with Gasteiger partial charge in [-0.3, -0.25) is 9.59 Å². The lowest BCUT2D eigenvalue weighted by atomic mass is 10.0. The molecule has 5 heteroatoms. The van der Waals surface area contributed by atoms with Crippen LogP contribution >= 0.6 is 0 Å². The van der Waals surface area contributed by atoms with Crippen LogP contribution < -0.4 is 10.6 Å². The summed E-state index contributed by atoms with van der Waals surface area (Å²) in [5, 5.41) is 6.61. The summed E-state index contributed by atoms with van der Waals surface area (Å²) in [5.41, 5.74) is 0. The van der Waals surface area contributed by atoms with Gasteiger partial charge in [-0.25, -0.2) is 0 Å². The number of likely N-dealkylation sites (tertiary alicyclic amines) is 1. The summed E-state index contributed by atoms with van der Waals surface area (Å²) in [6.45, 7) is 12.5. The number of ketones is 1. The summed E-state index contributed by atoms with van der Waals surface area (Å²) in [4.78, 5) is 26.0. The van der Waals surface area contributed by atoms with E-state index in [-0.39, 0.29) is 11.8 Å². The molecule has 1 aliphatic heterocycles. The van der Waals surface area contributed by atoms with Crippen LogP contribution in [0.1, 0.15) is 72.6 Å². The number of hydrogen-bond acceptors (Lipinski definition) is 4. The number of hydrogen-bond donors (Lipinski definition) is 2. The van der Waals surface area contributed by atoms with Crippen LogP contribution in [0.4, 0.5) is 0 Å². The fraction of sp³-hybridized carbons (Fsp3) is 0.900. The Morgan fingerprint density at radius 2 is 1.76 bits per heavy atom. The molecule has 1 atom stereocenters. The number of nitrogens with zero attached hydrogens (tertiary/aromatic N) is 1. The van der Waals surface area contributed by atoms with Crippen LogP contribution in [-0.2, 0) is 9.59 Å². The second-order valence-electron chi connectivity index (χ2n) is 8.00. The van der Waals surface area contributed by atoms with Crippen molar-refractivity contribution < 1.29 is 9.59 Å². The highest BCUT2D eigenvalue weighted by atomic mass is 16.1. The number of amides is 1. The van der Waals surface area contributed by atoms with Crippen molar-refractivity contribution in [1.82, 2.24) is 15.5 Å². The van der Waals surface area contributed by atoms with Crippen molar-refractivity contribution in [1.29, 1.82) is 0 Å². The minimum absolute atomic E-state index is 0.134. The van der Waals surface area contributed by atoms with Crippen molar-refractivity contribution in [2.75, 3.05) is 26.2 Å². The molecule has 1 fully saturated rings. The van der Waals surface area contributed by atoms with Crippen LogP contribution in [0.15, 0.2) is 0 Å². The summed E-state index contributed by atoms with van der Waals surface area (Å²) in [6, 6.07) is 0.863. The average molecular weight is 354 g/mol. The van der Waals surface area contributed by atoms with Crippen molar-refractivity contribution >= 4 is 11.7 Å². The molecule has 0 spiro atoms. The SMILES string of the molecule is CC(C)NCCCN1CC[C@H](NC(=O)CCCCCC(=O)C(C)C)C1. The van der Waals surface area contributed by atoms with E-state index in [1.165, 1.54) is 0 Å². The van der Waals surface area contributed by atoms with Gasteiger partial charge in [-0.2, -0.15) is 0 Å². The van der Waals surface area contributed by atoms with Crippen LogP contribution in [0.2, 0.25) is 0 Å². The van der Waals surface area contributed by atoms with E-state index < -0.39 is 0 Å². The van der Waals surface area contributed by atoms with Crippen LogP contribution in [0.25, 0.3) is 0 Å². The summed E-state index contributed by atoms with van der Waals surface area (Å²) in [6.07, 6.45) is 6.22. The average Bonchev–Trinajstić information content (AvgIpc) is 2.98. The van der Waals surface area contributed by atoms with Gasteiger partial charge in [0.25, 0.3) is 0 Å². The maximum atomic E-state index is 12.0. The monoisotopic (exact) mass is 353 g/mol. The number of Topliss-reactive ketones (excluding diaryl/α,β-unsaturated/α-hetero) is 1. The molecular weight excluding hydrogens is 314 g/mol. The van der Waals surface area contributed by atoms with Gasteiger partial charge in [-0.15, -0.1) is 0 Å². The van der Waals surface area contributed by atoms with Gasteiger partial charge in [0.1, 0.15) is 5.78 Å². The summed E-state index contributed by atoms with van der Waals surface area (Å²) in [5.74, 6) is 0.636. The van der Waals surface area contributed by atoms with E-state index in [0.717, 1.165) is 58.3 Å². The Labute approximate surface area is 154 Å². The molecule has 5 nitrogen and oxygen atoms in total. The Morgan fingerprint density at radius 3 is 2.44 bits per heavy atom. The molecule has 1 rings (SSSR count). The first-order valence-corrected chi connectivity index (χ1v) is 10.2. The third kappa shape index (κ3) is 10.6. The van der Waals surface area contributed by atoms with Gasteiger partial charge < -0.3 is 15.5 Å². The fourth-order valence-corrected chi connectivity index (χ4v) is 3.20. The molecule has 0 radical (unpaired) electrons. The van der Waals surface area contributed by atoms with Crippen molar-refractivity contribution in [2.24, 2.45) is 5.92 Å². The lowest BCUT2D eigenvalue weighted by molar-refractivity contribution is -0.122. The second-order valence-corrected chi connectivity index (χ2v) is 8.00. The standard InChI is InChI=1S/C20H39N3O2/c1-16(2)19(24)9-6-5-7-10-20(25)22-18-11-14-23(15-18)13-8-12-21-17(3)4/h16-18,21H,5-15H2,1-4H3,(H,22,25)/t18-/m0/s1. The number of unbranched alkanes of at least 4 members (excludes halogenated alkanes) is 2. The second kappa shape index (κ2) is 12.4. The van der Waals surface area contributed by atoms with Crippen molar-refractivity contribution in [2.45, 2.75) is 84.7 Å². The highest BCUT2D eigenvalue weighted by Gasteiger charge is 2.23. The molecule has 0 unspecified atom stereocenters. The third-order valence-electron chi connectivity index (χ3n) is 4.81. The van der Waals surface area contributed by atoms with E-state index in [1.54, 1.807) is 0 Å². The van der Waals surface area contributed by atoms with Crippen LogP contribution in [-0.4, -0.2) is 54.9 Å². The normalized spacial score (nSPS) is 18.2. The van der Waals surface area contributed by atoms with Crippen molar-refractivity contribution in [3.05, 3.63) is 0 Å². The minimum atomic E-state index is 0.134. The zero-order valence-corrected chi connectivity index (χ0v) is 16.8. The molecule has 1 heterocycles. The molecule has 0 bridgehead atoms. The van der Waals surface area contributed by atoms with Gasteiger partial charge in [0.05, 0.1) is 0 Å². The molecule has 1 aliphatic rings. The third-order valence-corrected chi connectivity index (χ3v) is 4.81. The van der Waals surface area contributed by atoms with Crippen LogP contribution in [0, 0.1) is 5.92 Å². The molecule has 2 N–H and O–H groups in total. The predicted octanol–water partition coefficient (Wildman–Crippen LogP) is 2.74. The molecule has 146 valence electrons. The predicted molar refractivity (Wildman–Crippen MR) is 104 cm³/mol. The van der Waals surface area contributed by atoms with Gasteiger partial charge in [-0.1, -0.05) is 34.1 Å². The highest BCUT2D eigenvalue weighted by Crippen LogP contribution is 2.11. The first-order chi connectivity index (χ1) is 11.9. The number of rotatable bonds is 13. The highest BCUT2D eigenvalue weighted by molar-refractivity contribution is 5.80. The lowest BCUT2D eigenvalue weighted by Gasteiger charge is -2.17. The van der Waals surface area contributed by atoms with E-state index in [9.17, 15) is 9.59 Å². The molecule has 0 aromatic heterocycles. The Balaban J connectivity index is 2.03. The van der Waals surface area contributed by atoms with E-state index in [2.05, 4.69) is 29.4 Å². The smallest absolute Gasteiger partial charge is 0.220 e. The van der Waals surface area contributed by atoms with Gasteiger partial charge in [0, 0.05) is 43.9 Å². The molecule has 0 aromatic carbocycles. The van der Waals surface area contributed by atoms with Gasteiger partial charge in [-0.05, 0) is 38.8 Å². The molecule has 0 aliphatic carbocycles. The first-order valence-electron chi connectivity index (χ1n) is 10.2.